The molecule has 6 heteroatoms. The predicted octanol–water partition coefficient (Wildman–Crippen LogP) is 2.57. The topological polar surface area (TPSA) is 54.8 Å². The summed E-state index contributed by atoms with van der Waals surface area (Å²) in [6.07, 6.45) is 29.2. The zero-order valence-corrected chi connectivity index (χ0v) is 29.4. The third-order valence-electron chi connectivity index (χ3n) is 10.9. The van der Waals surface area contributed by atoms with Crippen LogP contribution < -0.4 is 28.7 Å². The molecule has 5 aromatic rings. The van der Waals surface area contributed by atoms with Gasteiger partial charge in [0.15, 0.2) is 36.4 Å². The zero-order valence-electron chi connectivity index (χ0n) is 29.4. The van der Waals surface area contributed by atoms with Gasteiger partial charge in [-0.3, -0.25) is 19.4 Å². The van der Waals surface area contributed by atoms with Crippen molar-refractivity contribution >= 4 is 46.0 Å². The van der Waals surface area contributed by atoms with Crippen molar-refractivity contribution in [2.75, 3.05) is 13.1 Å². The fraction of sp³-hybridized carbons (Fsp3) is 0.0417. The second-order valence-electron chi connectivity index (χ2n) is 14.2. The number of fused-ring (bicyclic) bond motifs is 3. The number of ketones is 2. The van der Waals surface area contributed by atoms with E-state index < -0.39 is 0 Å². The minimum atomic E-state index is -0.0977. The monoisotopic (exact) mass is 700 g/mol. The number of nitrogens with one attached hydrogen (secondary N) is 2. The highest BCUT2D eigenvalue weighted by atomic mass is 16.1. The fourth-order valence-corrected chi connectivity index (χ4v) is 7.98. The largest absolute Gasteiger partial charge is 0.289 e. The third kappa shape index (κ3) is 5.62. The first-order chi connectivity index (χ1) is 26.6. The Bertz CT molecular complexity index is 2740. The summed E-state index contributed by atoms with van der Waals surface area (Å²) in [6, 6.07) is 32.9. The van der Waals surface area contributed by atoms with Crippen molar-refractivity contribution in [3.8, 4) is 0 Å². The second kappa shape index (κ2) is 13.0. The van der Waals surface area contributed by atoms with Crippen molar-refractivity contribution in [1.82, 2.24) is 0 Å². The van der Waals surface area contributed by atoms with Crippen LogP contribution in [0.2, 0.25) is 0 Å². The summed E-state index contributed by atoms with van der Waals surface area (Å²) in [7, 11) is 0. The molecular formula is C48H36N4O2+4. The Hall–Kier alpha value is -6.86. The molecule has 2 aliphatic carbocycles. The number of aromatic nitrogens is 2. The van der Waals surface area contributed by atoms with Crippen molar-refractivity contribution < 1.29 is 27.9 Å². The summed E-state index contributed by atoms with van der Waals surface area (Å²) >= 11 is 0. The molecule has 54 heavy (non-hydrogen) atoms. The van der Waals surface area contributed by atoms with Crippen LogP contribution in [0.3, 0.4) is 0 Å². The number of rotatable bonds is 0. The predicted molar refractivity (Wildman–Crippen MR) is 208 cm³/mol. The molecule has 2 aromatic heterocycles. The first-order valence-corrected chi connectivity index (χ1v) is 18.3. The van der Waals surface area contributed by atoms with E-state index in [2.05, 4.69) is 131 Å². The summed E-state index contributed by atoms with van der Waals surface area (Å²) in [5.74, 6) is -0.195. The Labute approximate surface area is 311 Å². The van der Waals surface area contributed by atoms with Gasteiger partial charge in [-0.15, -0.1) is 0 Å². The molecule has 0 amide bonds. The maximum Gasteiger partial charge on any atom is 0.211 e. The quantitative estimate of drug-likeness (QED) is 0.245. The lowest BCUT2D eigenvalue weighted by Crippen LogP contribution is -3.03. The molecule has 256 valence electrons. The molecule has 11 aliphatic heterocycles. The van der Waals surface area contributed by atoms with Crippen molar-refractivity contribution in [3.63, 3.8) is 0 Å². The lowest BCUT2D eigenvalue weighted by Gasteiger charge is -2.26. The zero-order chi connectivity index (χ0) is 36.2. The molecule has 6 nitrogen and oxygen atoms in total. The summed E-state index contributed by atoms with van der Waals surface area (Å²) in [6.45, 7) is 0.918. The second-order valence-corrected chi connectivity index (χ2v) is 14.2. The highest BCUT2D eigenvalue weighted by Crippen LogP contribution is 2.40. The number of hydrogen-bond donors (Lipinski definition) is 2. The molecule has 2 N–H and O–H groups in total. The molecule has 0 saturated heterocycles. The van der Waals surface area contributed by atoms with Gasteiger partial charge in [0, 0.05) is 59.7 Å². The first kappa shape index (κ1) is 31.8. The number of allylic oxidation sites excluding steroid dienone is 6. The van der Waals surface area contributed by atoms with Gasteiger partial charge < -0.3 is 0 Å². The van der Waals surface area contributed by atoms with Crippen LogP contribution in [-0.4, -0.2) is 24.7 Å². The standard InChI is InChI=1S/C48H34N4O2/c53-47-39-29-37-5-1-3-7-43(37)45(47)46-44-8-4-2-6-38(44)30-40(48(46)54)32-50-23-15-34(16-24-50)36-19-27-52(28-20-36)42-11-9-41(10-12-42)51-25-17-35(18-26-51)33-13-21-49(31-39)22-14-33/h1-30H,31-32H2/q+2/p+2/b46-45+. The molecule has 0 fully saturated rings. The number of quaternary nitrogens is 2. The normalized spacial score (nSPS) is 20.9. The Morgan fingerprint density at radius 1 is 0.444 bits per heavy atom. The van der Waals surface area contributed by atoms with Crippen LogP contribution in [0.15, 0.2) is 182 Å². The number of carbonyl (C=O) groups excluding carboxylic acids is 2. The lowest BCUT2D eigenvalue weighted by atomic mass is 9.77. The Balaban J connectivity index is 1.14. The molecule has 0 spiro atoms. The lowest BCUT2D eigenvalue weighted by molar-refractivity contribution is -0.784. The Morgan fingerprint density at radius 3 is 1.20 bits per heavy atom. The Morgan fingerprint density at radius 2 is 0.815 bits per heavy atom. The van der Waals surface area contributed by atoms with Crippen LogP contribution in [0, 0.1) is 10.7 Å². The number of benzene rings is 3. The van der Waals surface area contributed by atoms with E-state index >= 15 is 0 Å². The number of Topliss-reactive ketones (excluding diaryl/α,β-unsaturated/α-hetero) is 2. The minimum Gasteiger partial charge on any atom is -0.289 e. The number of pyridine rings is 2. The Kier molecular flexibility index (Phi) is 7.65. The van der Waals surface area contributed by atoms with E-state index in [9.17, 15) is 9.59 Å². The number of hydrogen-bond acceptors (Lipinski definition) is 2. The molecule has 13 aliphatic rings. The van der Waals surface area contributed by atoms with Crippen molar-refractivity contribution in [2.24, 2.45) is 0 Å². The van der Waals surface area contributed by atoms with E-state index in [0.717, 1.165) is 64.4 Å². The molecule has 3 aromatic carbocycles. The molecular weight excluding hydrogens is 665 g/mol. The number of nitrogens with zero attached hydrogens (tertiary/aromatic N) is 2. The maximum absolute atomic E-state index is 14.7. The van der Waals surface area contributed by atoms with Crippen LogP contribution in [0.1, 0.15) is 22.3 Å². The highest BCUT2D eigenvalue weighted by Gasteiger charge is 2.36. The van der Waals surface area contributed by atoms with Gasteiger partial charge in [-0.25, -0.2) is 0 Å². The van der Waals surface area contributed by atoms with Crippen LogP contribution in [0.5, 0.6) is 0 Å². The van der Waals surface area contributed by atoms with Crippen molar-refractivity contribution in [1.29, 1.82) is 0 Å². The molecule has 14 bridgehead atoms. The van der Waals surface area contributed by atoms with Gasteiger partial charge in [-0.05, 0) is 80.3 Å². The van der Waals surface area contributed by atoms with Gasteiger partial charge in [0.25, 0.3) is 0 Å². The summed E-state index contributed by atoms with van der Waals surface area (Å²) < 4.78 is 4.24. The van der Waals surface area contributed by atoms with Crippen LogP contribution in [0.4, 0.5) is 0 Å². The average Bonchev–Trinajstić information content (AvgIpc) is 3.22. The molecule has 13 heterocycles. The van der Waals surface area contributed by atoms with Gasteiger partial charge in [0.2, 0.25) is 10.7 Å². The summed E-state index contributed by atoms with van der Waals surface area (Å²) in [4.78, 5) is 31.5. The summed E-state index contributed by atoms with van der Waals surface area (Å²) in [5.41, 5.74) is 8.01. The van der Waals surface area contributed by atoms with Gasteiger partial charge in [-0.2, -0.15) is 8.49 Å². The number of carbonyl (C=O) groups is 2. The van der Waals surface area contributed by atoms with Crippen molar-refractivity contribution in [3.05, 3.63) is 226 Å². The van der Waals surface area contributed by atoms with E-state index in [4.69, 9.17) is 0 Å². The van der Waals surface area contributed by atoms with E-state index in [-0.39, 0.29) is 11.6 Å². The molecule has 0 saturated carbocycles. The van der Waals surface area contributed by atoms with E-state index in [1.165, 1.54) is 0 Å². The van der Waals surface area contributed by atoms with Gasteiger partial charge in [-0.1, -0.05) is 48.5 Å². The average molecular weight is 701 g/mol. The first-order valence-electron chi connectivity index (χ1n) is 18.3. The summed E-state index contributed by atoms with van der Waals surface area (Å²) in [5, 5.41) is 4.38. The highest BCUT2D eigenvalue weighted by molar-refractivity contribution is 6.49. The molecule has 18 rings (SSSR count). The van der Waals surface area contributed by atoms with Crippen LogP contribution in [0.25, 0.3) is 34.4 Å². The third-order valence-corrected chi connectivity index (χ3v) is 10.9. The fourth-order valence-electron chi connectivity index (χ4n) is 7.98. The van der Waals surface area contributed by atoms with Crippen LogP contribution in [-0.2, 0) is 9.59 Å². The SMILES string of the molecule is O=C1C2=Cc3ccccc3/C1=C1\C(=O)C(=Cc3ccccc31)C[NH+]1C=CC(=c3cc[n+](cc3)=c3ccc(cc3)=[n+]3ccc(cc3)=C3C=C[NH+](C=C3)C2)C=C1. The van der Waals surface area contributed by atoms with Gasteiger partial charge in [0.05, 0.1) is 35.9 Å². The molecule has 0 radical (unpaired) electrons. The minimum absolute atomic E-state index is 0.0977. The molecule has 0 unspecified atom stereocenters. The van der Waals surface area contributed by atoms with E-state index in [1.54, 1.807) is 0 Å². The van der Waals surface area contributed by atoms with E-state index in [0.29, 0.717) is 35.4 Å². The smallest absolute Gasteiger partial charge is 0.211 e. The van der Waals surface area contributed by atoms with Gasteiger partial charge in [0.1, 0.15) is 13.1 Å². The van der Waals surface area contributed by atoms with Gasteiger partial charge >= 0.3 is 0 Å². The van der Waals surface area contributed by atoms with E-state index in [1.807, 2.05) is 60.7 Å². The molecule has 0 atom stereocenters. The van der Waals surface area contributed by atoms with Crippen molar-refractivity contribution in [2.45, 2.75) is 0 Å². The van der Waals surface area contributed by atoms with Crippen LogP contribution >= 0.6 is 0 Å². The maximum atomic E-state index is 14.7.